The molecule has 1 aromatic carbocycles. The predicted molar refractivity (Wildman–Crippen MR) is 66.1 cm³/mol. The molecule has 0 unspecified atom stereocenters. The van der Waals surface area contributed by atoms with Crippen LogP contribution in [0.1, 0.15) is 6.92 Å². The van der Waals surface area contributed by atoms with Gasteiger partial charge in [-0.05, 0) is 24.7 Å². The molecule has 90 valence electrons. The number of carbonyl (C=O) groups is 1. The Balaban J connectivity index is 2.13. The Morgan fingerprint density at radius 3 is 2.82 bits per heavy atom. The van der Waals surface area contributed by atoms with E-state index in [0.29, 0.717) is 11.2 Å². The number of likely N-dealkylation sites (N-methyl/N-ethyl adjacent to an activating group) is 1. The van der Waals surface area contributed by atoms with E-state index in [-0.39, 0.29) is 18.1 Å². The Morgan fingerprint density at radius 2 is 2.06 bits per heavy atom. The van der Waals surface area contributed by atoms with Gasteiger partial charge in [0.25, 0.3) is 0 Å². The highest BCUT2D eigenvalue weighted by Gasteiger charge is 2.03. The van der Waals surface area contributed by atoms with Crippen LogP contribution in [0.3, 0.4) is 0 Å². The first-order valence-electron chi connectivity index (χ1n) is 5.41. The van der Waals surface area contributed by atoms with E-state index in [2.05, 4.69) is 20.6 Å². The lowest BCUT2D eigenvalue weighted by molar-refractivity contribution is -0.115. The minimum atomic E-state index is -0.254. The molecule has 0 saturated heterocycles. The van der Waals surface area contributed by atoms with Crippen molar-refractivity contribution >= 4 is 22.6 Å². The van der Waals surface area contributed by atoms with Crippen molar-refractivity contribution in [2.24, 2.45) is 0 Å². The van der Waals surface area contributed by atoms with Gasteiger partial charge in [0, 0.05) is 5.69 Å². The van der Waals surface area contributed by atoms with E-state index < -0.39 is 0 Å². The highest BCUT2D eigenvalue weighted by molar-refractivity contribution is 5.94. The molecule has 1 amide bonds. The fraction of sp³-hybridized carbons (Fsp3) is 0.273. The zero-order chi connectivity index (χ0) is 12.3. The van der Waals surface area contributed by atoms with E-state index in [1.54, 1.807) is 18.2 Å². The van der Waals surface area contributed by atoms with Crippen molar-refractivity contribution in [1.29, 1.82) is 0 Å². The molecule has 17 heavy (non-hydrogen) atoms. The maximum atomic E-state index is 11.5. The molecule has 0 aliphatic rings. The number of fused-ring (bicyclic) bond motifs is 1. The van der Waals surface area contributed by atoms with Crippen LogP contribution in [0.2, 0.25) is 0 Å². The number of hydrogen-bond donors (Lipinski definition) is 4. The van der Waals surface area contributed by atoms with Crippen molar-refractivity contribution < 1.29 is 4.79 Å². The average molecular weight is 234 g/mol. The van der Waals surface area contributed by atoms with Gasteiger partial charge in [-0.3, -0.25) is 4.79 Å². The largest absolute Gasteiger partial charge is 0.325 e. The maximum absolute atomic E-state index is 11.5. The molecule has 0 aliphatic heterocycles. The third-order valence-corrected chi connectivity index (χ3v) is 2.34. The van der Waals surface area contributed by atoms with Crippen LogP contribution in [0.4, 0.5) is 5.69 Å². The Labute approximate surface area is 97.4 Å². The third kappa shape index (κ3) is 2.73. The quantitative estimate of drug-likeness (QED) is 0.617. The van der Waals surface area contributed by atoms with Gasteiger partial charge in [0.05, 0.1) is 17.6 Å². The van der Waals surface area contributed by atoms with Crippen LogP contribution in [0.5, 0.6) is 0 Å². The number of anilines is 1. The van der Waals surface area contributed by atoms with Crippen LogP contribution in [-0.2, 0) is 4.79 Å². The maximum Gasteiger partial charge on any atom is 0.323 e. The lowest BCUT2D eigenvalue weighted by Gasteiger charge is -2.05. The molecule has 0 bridgehead atoms. The number of carbonyl (C=O) groups excluding carboxylic acids is 1. The summed E-state index contributed by atoms with van der Waals surface area (Å²) in [5.41, 5.74) is 1.81. The minimum absolute atomic E-state index is 0.107. The zero-order valence-corrected chi connectivity index (χ0v) is 9.46. The second-order valence-corrected chi connectivity index (χ2v) is 3.67. The van der Waals surface area contributed by atoms with E-state index in [1.165, 1.54) is 0 Å². The standard InChI is InChI=1S/C11H14N4O2/c1-2-12-6-10(16)13-7-3-4-8-9(5-7)15-11(17)14-8/h3-5,12H,2,6H2,1H3,(H,13,16)(H2,14,15,17). The number of benzene rings is 1. The van der Waals surface area contributed by atoms with Gasteiger partial charge >= 0.3 is 5.69 Å². The lowest BCUT2D eigenvalue weighted by Crippen LogP contribution is -2.27. The molecule has 2 aromatic rings. The third-order valence-electron chi connectivity index (χ3n) is 2.34. The van der Waals surface area contributed by atoms with Gasteiger partial charge in [0.2, 0.25) is 5.91 Å². The number of aromatic amines is 2. The molecule has 0 atom stereocenters. The van der Waals surface area contributed by atoms with Crippen molar-refractivity contribution in [2.75, 3.05) is 18.4 Å². The molecule has 0 fully saturated rings. The molecule has 0 spiro atoms. The number of imidazole rings is 1. The summed E-state index contributed by atoms with van der Waals surface area (Å²) in [6, 6.07) is 5.21. The molecule has 0 saturated carbocycles. The summed E-state index contributed by atoms with van der Waals surface area (Å²) in [7, 11) is 0. The summed E-state index contributed by atoms with van der Waals surface area (Å²) in [6.45, 7) is 2.96. The Hall–Kier alpha value is -2.08. The van der Waals surface area contributed by atoms with Gasteiger partial charge in [-0.1, -0.05) is 6.92 Å². The highest BCUT2D eigenvalue weighted by Crippen LogP contribution is 2.14. The average Bonchev–Trinajstić information content (AvgIpc) is 2.65. The lowest BCUT2D eigenvalue weighted by atomic mass is 10.2. The van der Waals surface area contributed by atoms with Crippen molar-refractivity contribution in [3.8, 4) is 0 Å². The molecule has 6 nitrogen and oxygen atoms in total. The van der Waals surface area contributed by atoms with Gasteiger partial charge in [-0.15, -0.1) is 0 Å². The topological polar surface area (TPSA) is 89.8 Å². The molecule has 2 rings (SSSR count). The van der Waals surface area contributed by atoms with Gasteiger partial charge in [0.15, 0.2) is 0 Å². The van der Waals surface area contributed by atoms with E-state index in [0.717, 1.165) is 12.1 Å². The number of nitrogens with one attached hydrogen (secondary N) is 4. The van der Waals surface area contributed by atoms with Crippen molar-refractivity contribution in [1.82, 2.24) is 15.3 Å². The number of amides is 1. The highest BCUT2D eigenvalue weighted by atomic mass is 16.2. The predicted octanol–water partition coefficient (Wildman–Crippen LogP) is 0.404. The van der Waals surface area contributed by atoms with E-state index in [9.17, 15) is 9.59 Å². The minimum Gasteiger partial charge on any atom is -0.325 e. The Morgan fingerprint density at radius 1 is 1.29 bits per heavy atom. The number of aromatic nitrogens is 2. The summed E-state index contributed by atoms with van der Waals surface area (Å²) in [5.74, 6) is -0.107. The second-order valence-electron chi connectivity index (χ2n) is 3.67. The molecule has 4 N–H and O–H groups in total. The van der Waals surface area contributed by atoms with Gasteiger partial charge < -0.3 is 20.6 Å². The van der Waals surface area contributed by atoms with E-state index in [4.69, 9.17) is 0 Å². The molecule has 1 heterocycles. The van der Waals surface area contributed by atoms with Gasteiger partial charge in [-0.2, -0.15) is 0 Å². The Bertz CT molecular complexity index is 584. The molecule has 1 aromatic heterocycles. The van der Waals surface area contributed by atoms with Crippen LogP contribution in [0, 0.1) is 0 Å². The van der Waals surface area contributed by atoms with Gasteiger partial charge in [0.1, 0.15) is 0 Å². The number of rotatable bonds is 4. The van der Waals surface area contributed by atoms with Gasteiger partial charge in [-0.25, -0.2) is 4.79 Å². The Kier molecular flexibility index (Phi) is 3.24. The van der Waals surface area contributed by atoms with Crippen LogP contribution >= 0.6 is 0 Å². The molecule has 6 heteroatoms. The molecular weight excluding hydrogens is 220 g/mol. The summed E-state index contributed by atoms with van der Waals surface area (Å²) in [5, 5.41) is 5.67. The van der Waals surface area contributed by atoms with Crippen molar-refractivity contribution in [2.45, 2.75) is 6.92 Å². The van der Waals surface area contributed by atoms with Crippen LogP contribution in [0.25, 0.3) is 11.0 Å². The first-order chi connectivity index (χ1) is 8.19. The van der Waals surface area contributed by atoms with E-state index in [1.807, 2.05) is 6.92 Å². The van der Waals surface area contributed by atoms with E-state index >= 15 is 0 Å². The fourth-order valence-corrected chi connectivity index (χ4v) is 1.55. The summed E-state index contributed by atoms with van der Waals surface area (Å²) < 4.78 is 0. The summed E-state index contributed by atoms with van der Waals surface area (Å²) in [6.07, 6.45) is 0. The fourth-order valence-electron chi connectivity index (χ4n) is 1.55. The normalized spacial score (nSPS) is 10.6. The number of hydrogen-bond acceptors (Lipinski definition) is 3. The van der Waals surface area contributed by atoms with Crippen molar-refractivity contribution in [3.63, 3.8) is 0 Å². The molecule has 0 radical (unpaired) electrons. The monoisotopic (exact) mass is 234 g/mol. The van der Waals surface area contributed by atoms with Crippen LogP contribution in [-0.4, -0.2) is 29.0 Å². The second kappa shape index (κ2) is 4.84. The first-order valence-corrected chi connectivity index (χ1v) is 5.41. The smallest absolute Gasteiger partial charge is 0.323 e. The first kappa shape index (κ1) is 11.4. The SMILES string of the molecule is CCNCC(=O)Nc1ccc2[nH]c(=O)[nH]c2c1. The van der Waals surface area contributed by atoms with Crippen molar-refractivity contribution in [3.05, 3.63) is 28.7 Å². The summed E-state index contributed by atoms with van der Waals surface area (Å²) >= 11 is 0. The number of H-pyrrole nitrogens is 2. The summed E-state index contributed by atoms with van der Waals surface area (Å²) in [4.78, 5) is 27.8. The zero-order valence-electron chi connectivity index (χ0n) is 9.46. The van der Waals surface area contributed by atoms with Crippen LogP contribution < -0.4 is 16.3 Å². The van der Waals surface area contributed by atoms with Crippen LogP contribution in [0.15, 0.2) is 23.0 Å². The molecular formula is C11H14N4O2. The molecule has 0 aliphatic carbocycles.